The number of carboxylic acid groups (broad SMARTS) is 1. The summed E-state index contributed by atoms with van der Waals surface area (Å²) in [5.74, 6) is -0.585. The second kappa shape index (κ2) is 26.8. The van der Waals surface area contributed by atoms with Crippen LogP contribution in [-0.4, -0.2) is 158 Å². The lowest BCUT2D eigenvalue weighted by Gasteiger charge is -2.29. The molecule has 0 aromatic rings. The van der Waals surface area contributed by atoms with E-state index in [1.54, 1.807) is 0 Å². The highest BCUT2D eigenvalue weighted by molar-refractivity contribution is 5.86. The van der Waals surface area contributed by atoms with E-state index in [2.05, 4.69) is 16.1 Å². The number of rotatable bonds is 24. The van der Waals surface area contributed by atoms with Crippen LogP contribution >= 0.6 is 0 Å². The number of carbonyl (C=O) groups excluding carboxylic acids is 4. The molecule has 0 amide bonds. The van der Waals surface area contributed by atoms with Gasteiger partial charge in [-0.3, -0.25) is 0 Å². The maximum Gasteiger partial charge on any atom is 0.508 e. The molecule has 0 aliphatic rings. The Morgan fingerprint density at radius 3 is 1.44 bits per heavy atom. The number of quaternary nitrogens is 1. The fourth-order valence-electron chi connectivity index (χ4n) is 2.59. The number of carbonyl (C=O) groups is 5. The molecule has 18 nitrogen and oxygen atoms in total. The van der Waals surface area contributed by atoms with E-state index in [-0.39, 0.29) is 90.5 Å². The average Bonchev–Trinajstić information content (AvgIpc) is 2.95. The molecule has 19 heteroatoms. The van der Waals surface area contributed by atoms with Crippen LogP contribution in [0, 0.1) is 0 Å². The SMILES string of the molecule is C=C(C)C(=O)OCCC(O)COC(=O)OCCOC(=O)OCCOCC[N+](C)(C)CCOCCOC(=O)OCCOC(=O)O.[Cl-]. The van der Waals surface area contributed by atoms with E-state index in [1.807, 2.05) is 14.1 Å². The van der Waals surface area contributed by atoms with Crippen LogP contribution in [0.15, 0.2) is 12.2 Å². The Bertz CT molecular complexity index is 886. The van der Waals surface area contributed by atoms with Gasteiger partial charge in [-0.2, -0.15) is 0 Å². The Hall–Kier alpha value is -3.58. The summed E-state index contributed by atoms with van der Waals surface area (Å²) in [6.07, 6.45) is -5.47. The van der Waals surface area contributed by atoms with Crippen LogP contribution in [0.4, 0.5) is 19.2 Å². The molecule has 2 N–H and O–H groups in total. The first-order chi connectivity index (χ1) is 20.8. The fourth-order valence-corrected chi connectivity index (χ4v) is 2.59. The van der Waals surface area contributed by atoms with Crippen LogP contribution < -0.4 is 12.4 Å². The Labute approximate surface area is 267 Å². The lowest BCUT2D eigenvalue weighted by atomic mass is 10.3. The number of hydrogen-bond acceptors (Lipinski definition) is 16. The fraction of sp³-hybridized carbons (Fsp3) is 0.731. The van der Waals surface area contributed by atoms with E-state index in [0.717, 1.165) is 0 Å². The maximum absolute atomic E-state index is 11.6. The van der Waals surface area contributed by atoms with Gasteiger partial charge in [0.25, 0.3) is 0 Å². The topological polar surface area (TPSA) is 218 Å². The number of likely N-dealkylation sites (N-methyl/N-ethyl adjacent to an activating group) is 1. The zero-order chi connectivity index (χ0) is 33.2. The summed E-state index contributed by atoms with van der Waals surface area (Å²) in [5.41, 5.74) is 0.227. The molecule has 262 valence electrons. The highest BCUT2D eigenvalue weighted by Crippen LogP contribution is 2.00. The monoisotopic (exact) mass is 677 g/mol. The molecule has 0 saturated carbocycles. The molecule has 0 aromatic carbocycles. The molecule has 0 rings (SSSR count). The number of nitrogens with zero attached hydrogens (tertiary/aromatic N) is 1. The van der Waals surface area contributed by atoms with Crippen molar-refractivity contribution < 1.29 is 98.4 Å². The van der Waals surface area contributed by atoms with Gasteiger partial charge in [0, 0.05) is 12.0 Å². The van der Waals surface area contributed by atoms with Crippen molar-refractivity contribution in [3.05, 3.63) is 12.2 Å². The molecule has 0 heterocycles. The first-order valence-corrected chi connectivity index (χ1v) is 13.5. The molecule has 0 fully saturated rings. The van der Waals surface area contributed by atoms with E-state index < -0.39 is 36.7 Å². The van der Waals surface area contributed by atoms with Gasteiger partial charge in [0.2, 0.25) is 0 Å². The van der Waals surface area contributed by atoms with Crippen molar-refractivity contribution in [2.24, 2.45) is 0 Å². The van der Waals surface area contributed by atoms with Crippen molar-refractivity contribution in [2.75, 3.05) is 106 Å². The molecule has 0 aromatic heterocycles. The predicted octanol–water partition coefficient (Wildman–Crippen LogP) is -1.88. The van der Waals surface area contributed by atoms with E-state index in [9.17, 15) is 29.1 Å². The number of esters is 1. The Kier molecular flexibility index (Phi) is 25.9. The molecule has 0 saturated heterocycles. The predicted molar refractivity (Wildman–Crippen MR) is 146 cm³/mol. The van der Waals surface area contributed by atoms with Crippen molar-refractivity contribution in [3.8, 4) is 0 Å². The molecule has 0 aliphatic heterocycles. The number of halogens is 1. The van der Waals surface area contributed by atoms with Gasteiger partial charge in [-0.25, -0.2) is 24.0 Å². The van der Waals surface area contributed by atoms with Crippen LogP contribution in [0.2, 0.25) is 0 Å². The summed E-state index contributed by atoms with van der Waals surface area (Å²) in [6.45, 7) is 5.65. The van der Waals surface area contributed by atoms with Gasteiger partial charge in [0.05, 0.1) is 53.2 Å². The summed E-state index contributed by atoms with van der Waals surface area (Å²) in [5, 5.41) is 18.0. The lowest BCUT2D eigenvalue weighted by Crippen LogP contribution is -3.00. The number of aliphatic hydroxyl groups excluding tert-OH is 1. The Balaban J connectivity index is 0. The van der Waals surface area contributed by atoms with Crippen LogP contribution in [-0.2, 0) is 52.2 Å². The normalized spacial score (nSPS) is 11.2. The molecular weight excluding hydrogens is 634 g/mol. The standard InChI is InChI=1S/C26H43NO17.ClH/c1-20(2)22(29)37-8-5-21(28)19-44-26(34)43-18-17-42-25(33)40-14-12-36-10-7-27(3,4)6-9-35-11-13-39-24(32)41-16-15-38-23(30)31;/h21,28H,1,5-19H2,2-4H3;1H. The van der Waals surface area contributed by atoms with Crippen molar-refractivity contribution in [2.45, 2.75) is 19.4 Å². The second-order valence-electron chi connectivity index (χ2n) is 9.38. The smallest absolute Gasteiger partial charge is 0.508 e. The Morgan fingerprint density at radius 1 is 0.622 bits per heavy atom. The van der Waals surface area contributed by atoms with Crippen molar-refractivity contribution in [3.63, 3.8) is 0 Å². The first kappa shape index (κ1) is 43.5. The molecule has 45 heavy (non-hydrogen) atoms. The molecule has 1 atom stereocenters. The van der Waals surface area contributed by atoms with Crippen LogP contribution in [0.3, 0.4) is 0 Å². The van der Waals surface area contributed by atoms with Crippen molar-refractivity contribution in [1.29, 1.82) is 0 Å². The number of ether oxygens (including phenoxy) is 10. The average molecular weight is 678 g/mol. The summed E-state index contributed by atoms with van der Waals surface area (Å²) < 4.78 is 48.8. The first-order valence-electron chi connectivity index (χ1n) is 13.5. The third kappa shape index (κ3) is 28.9. The number of hydrogen-bond donors (Lipinski definition) is 2. The van der Waals surface area contributed by atoms with E-state index in [4.69, 9.17) is 43.0 Å². The summed E-state index contributed by atoms with van der Waals surface area (Å²) >= 11 is 0. The summed E-state index contributed by atoms with van der Waals surface area (Å²) in [7, 11) is 3.94. The van der Waals surface area contributed by atoms with Crippen molar-refractivity contribution in [1.82, 2.24) is 0 Å². The van der Waals surface area contributed by atoms with E-state index in [0.29, 0.717) is 30.8 Å². The van der Waals surface area contributed by atoms with Gasteiger partial charge in [-0.05, 0) is 6.92 Å². The van der Waals surface area contributed by atoms with Crippen LogP contribution in [0.25, 0.3) is 0 Å². The molecule has 0 aliphatic carbocycles. The lowest BCUT2D eigenvalue weighted by molar-refractivity contribution is -0.891. The molecule has 1 unspecified atom stereocenters. The van der Waals surface area contributed by atoms with Crippen molar-refractivity contribution >= 4 is 30.6 Å². The van der Waals surface area contributed by atoms with Crippen LogP contribution in [0.5, 0.6) is 0 Å². The molecule has 0 bridgehead atoms. The number of aliphatic hydroxyl groups is 1. The highest BCUT2D eigenvalue weighted by Gasteiger charge is 2.15. The largest absolute Gasteiger partial charge is 1.00 e. The minimum atomic E-state index is -1.46. The highest BCUT2D eigenvalue weighted by atomic mass is 35.5. The second-order valence-corrected chi connectivity index (χ2v) is 9.38. The quantitative estimate of drug-likeness (QED) is 0.0376. The third-order valence-corrected chi connectivity index (χ3v) is 5.06. The third-order valence-electron chi connectivity index (χ3n) is 5.06. The molecule has 0 radical (unpaired) electrons. The van der Waals surface area contributed by atoms with E-state index in [1.165, 1.54) is 6.92 Å². The van der Waals surface area contributed by atoms with Gasteiger partial charge < -0.3 is 74.5 Å². The minimum absolute atomic E-state index is 0. The zero-order valence-electron chi connectivity index (χ0n) is 25.7. The maximum atomic E-state index is 11.6. The van der Waals surface area contributed by atoms with Gasteiger partial charge in [-0.1, -0.05) is 6.58 Å². The van der Waals surface area contributed by atoms with Crippen LogP contribution in [0.1, 0.15) is 13.3 Å². The summed E-state index contributed by atoms with van der Waals surface area (Å²) in [6, 6.07) is 0. The molecular formula is C26H44ClNO17. The van der Waals surface area contributed by atoms with Gasteiger partial charge in [-0.15, -0.1) is 0 Å². The van der Waals surface area contributed by atoms with Gasteiger partial charge in [0.1, 0.15) is 59.3 Å². The van der Waals surface area contributed by atoms with E-state index >= 15 is 0 Å². The summed E-state index contributed by atoms with van der Waals surface area (Å²) in [4.78, 5) is 55.7. The van der Waals surface area contributed by atoms with Gasteiger partial charge in [0.15, 0.2) is 0 Å². The molecule has 0 spiro atoms. The Morgan fingerprint density at radius 2 is 1.02 bits per heavy atom. The van der Waals surface area contributed by atoms with Gasteiger partial charge >= 0.3 is 30.6 Å². The zero-order valence-corrected chi connectivity index (χ0v) is 26.5. The minimum Gasteiger partial charge on any atom is -1.00 e.